The van der Waals surface area contributed by atoms with Gasteiger partial charge >= 0.3 is 11.9 Å². The Morgan fingerprint density at radius 1 is 0.492 bits per heavy atom. The highest BCUT2D eigenvalue weighted by Crippen LogP contribution is 2.38. The maximum atomic E-state index is 12.8. The van der Waals surface area contributed by atoms with Crippen molar-refractivity contribution in [3.8, 4) is 0 Å². The molecule has 0 aliphatic heterocycles. The smallest absolute Gasteiger partial charge is 0.306 e. The van der Waals surface area contributed by atoms with Gasteiger partial charge in [-0.15, -0.1) is 0 Å². The Hall–Kier alpha value is -2.81. The average molecular weight is 930 g/mol. The molecule has 9 nitrogen and oxygen atoms in total. The van der Waals surface area contributed by atoms with Crippen molar-refractivity contribution in [2.75, 3.05) is 47.5 Å². The van der Waals surface area contributed by atoms with Crippen molar-refractivity contribution in [1.82, 2.24) is 0 Å². The SMILES string of the molecule is CC/C=C\C/C=C\C/C=C\C/C=C\C/C=C\CCCCCCCCCCCC(=O)OC(COC(=O)CCCCCCC/C=C\C/C=C\CCCCCC)COP(=O)([O-])OCC[N+](C)(C)C. The molecule has 0 fully saturated rings. The van der Waals surface area contributed by atoms with Crippen LogP contribution in [0.2, 0.25) is 0 Å². The summed E-state index contributed by atoms with van der Waals surface area (Å²) in [6.07, 6.45) is 60.4. The summed E-state index contributed by atoms with van der Waals surface area (Å²) in [4.78, 5) is 37.7. The number of likely N-dealkylation sites (N-methyl/N-ethyl adjacent to an activating group) is 1. The fourth-order valence-corrected chi connectivity index (χ4v) is 7.38. The maximum absolute atomic E-state index is 12.8. The standard InChI is InChI=1S/C55H96NO8P/c1-6-8-10-12-14-16-18-20-22-24-25-26-27-28-29-30-31-32-34-36-38-40-42-44-46-48-55(58)64-53(52-63-65(59,60)62-50-49-56(3,4)5)51-61-54(57)47-45-43-41-39-37-35-33-23-21-19-17-15-13-11-9-7-2/h8,10,14,16-17,19-20,22-23,25-26,28-29,33,53H,6-7,9,11-13,15,18,21,24,27,30-32,34-52H2,1-5H3/b10-8-,16-14-,19-17-,22-20-,26-25-,29-28-,33-23-. The Morgan fingerprint density at radius 3 is 1.31 bits per heavy atom. The minimum atomic E-state index is -4.64. The van der Waals surface area contributed by atoms with E-state index in [9.17, 15) is 19.0 Å². The van der Waals surface area contributed by atoms with Crippen molar-refractivity contribution >= 4 is 19.8 Å². The van der Waals surface area contributed by atoms with Gasteiger partial charge in [-0.2, -0.15) is 0 Å². The molecule has 0 aliphatic carbocycles. The first-order valence-electron chi connectivity index (χ1n) is 25.8. The van der Waals surface area contributed by atoms with Crippen LogP contribution in [-0.2, 0) is 32.7 Å². The monoisotopic (exact) mass is 930 g/mol. The zero-order valence-electron chi connectivity index (χ0n) is 42.2. The molecular weight excluding hydrogens is 834 g/mol. The zero-order valence-corrected chi connectivity index (χ0v) is 43.0. The molecule has 10 heteroatoms. The predicted octanol–water partition coefficient (Wildman–Crippen LogP) is 14.9. The van der Waals surface area contributed by atoms with Gasteiger partial charge in [0, 0.05) is 12.8 Å². The lowest BCUT2D eigenvalue weighted by atomic mass is 10.1. The number of carbonyl (C=O) groups excluding carboxylic acids is 2. The number of phosphoric ester groups is 1. The molecule has 0 amide bonds. The molecule has 374 valence electrons. The van der Waals surface area contributed by atoms with Gasteiger partial charge in [-0.25, -0.2) is 0 Å². The Balaban J connectivity index is 4.28. The van der Waals surface area contributed by atoms with Gasteiger partial charge in [-0.3, -0.25) is 14.2 Å². The number of phosphoric acid groups is 1. The van der Waals surface area contributed by atoms with Crippen LogP contribution in [0.15, 0.2) is 85.1 Å². The van der Waals surface area contributed by atoms with Crippen LogP contribution in [0.1, 0.15) is 200 Å². The number of allylic oxidation sites excluding steroid dienone is 14. The molecule has 2 unspecified atom stereocenters. The summed E-state index contributed by atoms with van der Waals surface area (Å²) in [5, 5.41) is 0. The third kappa shape index (κ3) is 50.4. The van der Waals surface area contributed by atoms with Crippen LogP contribution in [0.25, 0.3) is 0 Å². The van der Waals surface area contributed by atoms with Crippen molar-refractivity contribution in [2.45, 2.75) is 206 Å². The van der Waals surface area contributed by atoms with E-state index in [1.165, 1.54) is 64.2 Å². The Morgan fingerprint density at radius 2 is 0.877 bits per heavy atom. The summed E-state index contributed by atoms with van der Waals surface area (Å²) in [7, 11) is 1.14. The van der Waals surface area contributed by atoms with Crippen LogP contribution in [0.5, 0.6) is 0 Å². The van der Waals surface area contributed by atoms with Crippen LogP contribution >= 0.6 is 7.82 Å². The molecule has 0 aromatic rings. The second kappa shape index (κ2) is 46.3. The summed E-state index contributed by atoms with van der Waals surface area (Å²) in [5.74, 6) is -0.861. The van der Waals surface area contributed by atoms with Gasteiger partial charge in [0.1, 0.15) is 19.8 Å². The molecule has 0 radical (unpaired) electrons. The Kier molecular flexibility index (Phi) is 44.3. The molecule has 0 aliphatic rings. The van der Waals surface area contributed by atoms with Gasteiger partial charge in [0.15, 0.2) is 6.10 Å². The van der Waals surface area contributed by atoms with E-state index in [0.29, 0.717) is 23.9 Å². The van der Waals surface area contributed by atoms with Crippen molar-refractivity contribution < 1.29 is 42.1 Å². The number of unbranched alkanes of at least 4 members (excludes halogenated alkanes) is 18. The van der Waals surface area contributed by atoms with Crippen LogP contribution in [-0.4, -0.2) is 70.0 Å². The molecule has 0 N–H and O–H groups in total. The number of carbonyl (C=O) groups is 2. The topological polar surface area (TPSA) is 111 Å². The summed E-state index contributed by atoms with van der Waals surface area (Å²) in [6, 6.07) is 0. The van der Waals surface area contributed by atoms with Crippen molar-refractivity contribution in [3.63, 3.8) is 0 Å². The summed E-state index contributed by atoms with van der Waals surface area (Å²) >= 11 is 0. The van der Waals surface area contributed by atoms with Gasteiger partial charge in [-0.05, 0) is 89.9 Å². The van der Waals surface area contributed by atoms with E-state index in [1.54, 1.807) is 0 Å². The van der Waals surface area contributed by atoms with E-state index in [2.05, 4.69) is 98.9 Å². The number of esters is 2. The van der Waals surface area contributed by atoms with Gasteiger partial charge in [0.2, 0.25) is 0 Å². The molecule has 0 saturated heterocycles. The number of hydrogen-bond donors (Lipinski definition) is 0. The van der Waals surface area contributed by atoms with Crippen molar-refractivity contribution in [3.05, 3.63) is 85.1 Å². The summed E-state index contributed by atoms with van der Waals surface area (Å²) < 4.78 is 34.0. The van der Waals surface area contributed by atoms with Crippen LogP contribution in [0.3, 0.4) is 0 Å². The maximum Gasteiger partial charge on any atom is 0.306 e. The van der Waals surface area contributed by atoms with Crippen molar-refractivity contribution in [2.24, 2.45) is 0 Å². The van der Waals surface area contributed by atoms with Crippen LogP contribution in [0.4, 0.5) is 0 Å². The van der Waals surface area contributed by atoms with E-state index in [4.69, 9.17) is 18.5 Å². The predicted molar refractivity (Wildman–Crippen MR) is 272 cm³/mol. The third-order valence-corrected chi connectivity index (χ3v) is 11.6. The molecule has 0 saturated carbocycles. The molecule has 0 spiro atoms. The van der Waals surface area contributed by atoms with Crippen LogP contribution < -0.4 is 4.89 Å². The second-order valence-electron chi connectivity index (χ2n) is 18.1. The molecule has 65 heavy (non-hydrogen) atoms. The van der Waals surface area contributed by atoms with Gasteiger partial charge in [-0.1, -0.05) is 182 Å². The lowest BCUT2D eigenvalue weighted by Gasteiger charge is -2.28. The van der Waals surface area contributed by atoms with Crippen molar-refractivity contribution in [1.29, 1.82) is 0 Å². The minimum Gasteiger partial charge on any atom is -0.756 e. The third-order valence-electron chi connectivity index (χ3n) is 10.6. The lowest BCUT2D eigenvalue weighted by Crippen LogP contribution is -2.37. The molecule has 0 aromatic heterocycles. The number of ether oxygens (including phenoxy) is 2. The fraction of sp³-hybridized carbons (Fsp3) is 0.709. The molecule has 0 aromatic carbocycles. The number of rotatable bonds is 46. The number of quaternary nitrogens is 1. The largest absolute Gasteiger partial charge is 0.756 e. The molecule has 2 atom stereocenters. The van der Waals surface area contributed by atoms with E-state index < -0.39 is 32.5 Å². The fourth-order valence-electron chi connectivity index (χ4n) is 6.65. The number of nitrogens with zero attached hydrogens (tertiary/aromatic N) is 1. The quantitative estimate of drug-likeness (QED) is 0.0195. The lowest BCUT2D eigenvalue weighted by molar-refractivity contribution is -0.870. The second-order valence-corrected chi connectivity index (χ2v) is 19.6. The zero-order chi connectivity index (χ0) is 47.8. The minimum absolute atomic E-state index is 0.0386. The first-order chi connectivity index (χ1) is 31.5. The summed E-state index contributed by atoms with van der Waals surface area (Å²) in [5.41, 5.74) is 0. The highest BCUT2D eigenvalue weighted by Gasteiger charge is 2.21. The Labute approximate surface area is 399 Å². The molecular formula is C55H96NO8P. The van der Waals surface area contributed by atoms with E-state index in [0.717, 1.165) is 96.3 Å². The highest BCUT2D eigenvalue weighted by atomic mass is 31.2. The Bertz CT molecular complexity index is 1380. The molecule has 0 heterocycles. The average Bonchev–Trinajstić information content (AvgIpc) is 3.26. The normalized spacial score (nSPS) is 14.1. The first kappa shape index (κ1) is 62.2. The van der Waals surface area contributed by atoms with E-state index in [-0.39, 0.29) is 26.1 Å². The van der Waals surface area contributed by atoms with Gasteiger partial charge < -0.3 is 27.9 Å². The summed E-state index contributed by atoms with van der Waals surface area (Å²) in [6.45, 7) is 4.07. The van der Waals surface area contributed by atoms with Crippen LogP contribution in [0, 0.1) is 0 Å². The van der Waals surface area contributed by atoms with Gasteiger partial charge in [0.25, 0.3) is 7.82 Å². The number of hydrogen-bond acceptors (Lipinski definition) is 8. The first-order valence-corrected chi connectivity index (χ1v) is 27.3. The molecule has 0 bridgehead atoms. The van der Waals surface area contributed by atoms with E-state index >= 15 is 0 Å². The van der Waals surface area contributed by atoms with Gasteiger partial charge in [0.05, 0.1) is 27.7 Å². The molecule has 0 rings (SSSR count). The van der Waals surface area contributed by atoms with E-state index in [1.807, 2.05) is 21.1 Å². The highest BCUT2D eigenvalue weighted by molar-refractivity contribution is 7.45.